The quantitative estimate of drug-likeness (QED) is 0.912. The molecule has 1 N–H and O–H groups in total. The fourth-order valence-electron chi connectivity index (χ4n) is 3.24. The molecular weight excluding hydrogens is 292 g/mol. The Morgan fingerprint density at radius 1 is 1.39 bits per heavy atom. The summed E-state index contributed by atoms with van der Waals surface area (Å²) in [6, 6.07) is 0.0187. The molecule has 0 radical (unpaired) electrons. The molecule has 0 saturated heterocycles. The number of hydrogen-bond acceptors (Lipinski definition) is 4. The number of carbonyl (C=O) groups excluding carboxylic acids is 1. The van der Waals surface area contributed by atoms with Crippen molar-refractivity contribution in [3.8, 4) is 0 Å². The van der Waals surface area contributed by atoms with Crippen LogP contribution in [0.1, 0.15) is 61.8 Å². The summed E-state index contributed by atoms with van der Waals surface area (Å²) in [6.07, 6.45) is 8.40. The summed E-state index contributed by atoms with van der Waals surface area (Å²) >= 11 is 0. The minimum atomic E-state index is 0.0187. The van der Waals surface area contributed by atoms with Crippen LogP contribution in [0.15, 0.2) is 12.4 Å². The number of H-pyrrole nitrogens is 1. The van der Waals surface area contributed by atoms with E-state index in [1.165, 1.54) is 12.8 Å². The van der Waals surface area contributed by atoms with E-state index < -0.39 is 0 Å². The standard InChI is InChI=1S/C16H22N6O/c1-11-16-19-15(13-5-6-13)20-22(16)8-7-21(11)14(23)4-2-3-12-9-17-18-10-12/h9-11,13H,2-8H2,1H3,(H,17,18)/t11-/m1/s1. The van der Waals surface area contributed by atoms with Crippen molar-refractivity contribution in [1.29, 1.82) is 0 Å². The van der Waals surface area contributed by atoms with Crippen LogP contribution in [-0.4, -0.2) is 42.3 Å². The first-order valence-electron chi connectivity index (χ1n) is 8.44. The Morgan fingerprint density at radius 3 is 3.00 bits per heavy atom. The van der Waals surface area contributed by atoms with Gasteiger partial charge in [0, 0.05) is 25.1 Å². The molecule has 0 bridgehead atoms. The molecule has 1 amide bonds. The van der Waals surface area contributed by atoms with Gasteiger partial charge in [0.25, 0.3) is 0 Å². The molecule has 2 aromatic heterocycles. The van der Waals surface area contributed by atoms with Crippen molar-refractivity contribution in [3.63, 3.8) is 0 Å². The first-order valence-corrected chi connectivity index (χ1v) is 8.44. The van der Waals surface area contributed by atoms with Crippen LogP contribution in [0.2, 0.25) is 0 Å². The summed E-state index contributed by atoms with van der Waals surface area (Å²) in [5.41, 5.74) is 1.15. The first kappa shape index (κ1) is 14.4. The largest absolute Gasteiger partial charge is 0.331 e. The summed E-state index contributed by atoms with van der Waals surface area (Å²) in [7, 11) is 0. The molecule has 7 heteroatoms. The molecule has 2 aliphatic rings. The van der Waals surface area contributed by atoms with Gasteiger partial charge in [-0.15, -0.1) is 0 Å². The molecule has 1 saturated carbocycles. The summed E-state index contributed by atoms with van der Waals surface area (Å²) < 4.78 is 1.99. The molecule has 1 fully saturated rings. The van der Waals surface area contributed by atoms with Crippen LogP contribution >= 0.6 is 0 Å². The predicted octanol–water partition coefficient (Wildman–Crippen LogP) is 1.80. The van der Waals surface area contributed by atoms with Crippen LogP contribution in [-0.2, 0) is 17.8 Å². The second-order valence-corrected chi connectivity index (χ2v) is 6.55. The zero-order chi connectivity index (χ0) is 15.8. The number of fused-ring (bicyclic) bond motifs is 1. The molecule has 1 aliphatic heterocycles. The van der Waals surface area contributed by atoms with E-state index in [1.54, 1.807) is 0 Å². The van der Waals surface area contributed by atoms with E-state index in [4.69, 9.17) is 4.98 Å². The number of aromatic amines is 1. The first-order chi connectivity index (χ1) is 11.2. The van der Waals surface area contributed by atoms with E-state index in [0.717, 1.165) is 43.1 Å². The maximum Gasteiger partial charge on any atom is 0.223 e. The summed E-state index contributed by atoms with van der Waals surface area (Å²) in [6.45, 7) is 3.55. The minimum absolute atomic E-state index is 0.0187. The molecule has 1 aliphatic carbocycles. The third-order valence-corrected chi connectivity index (χ3v) is 4.78. The number of aryl methyl sites for hydroxylation is 1. The van der Waals surface area contributed by atoms with Gasteiger partial charge in [-0.1, -0.05) is 0 Å². The Bertz CT molecular complexity index is 687. The summed E-state index contributed by atoms with van der Waals surface area (Å²) in [4.78, 5) is 19.2. The normalized spacial score (nSPS) is 20.6. The van der Waals surface area contributed by atoms with E-state index in [0.29, 0.717) is 12.3 Å². The molecule has 23 heavy (non-hydrogen) atoms. The van der Waals surface area contributed by atoms with Crippen LogP contribution in [0.4, 0.5) is 0 Å². The lowest BCUT2D eigenvalue weighted by Gasteiger charge is -2.33. The zero-order valence-corrected chi connectivity index (χ0v) is 13.4. The lowest BCUT2D eigenvalue weighted by atomic mass is 10.1. The van der Waals surface area contributed by atoms with E-state index in [1.807, 2.05) is 22.0 Å². The average Bonchev–Trinajstić information content (AvgIpc) is 3.09. The fourth-order valence-corrected chi connectivity index (χ4v) is 3.24. The topological polar surface area (TPSA) is 79.7 Å². The molecule has 0 spiro atoms. The Labute approximate surface area is 135 Å². The molecule has 4 rings (SSSR count). The van der Waals surface area contributed by atoms with Crippen molar-refractivity contribution in [1.82, 2.24) is 29.9 Å². The number of amides is 1. The maximum atomic E-state index is 12.5. The van der Waals surface area contributed by atoms with Gasteiger partial charge in [0.1, 0.15) is 5.82 Å². The van der Waals surface area contributed by atoms with Crippen molar-refractivity contribution < 1.29 is 4.79 Å². The van der Waals surface area contributed by atoms with E-state index in [9.17, 15) is 4.79 Å². The summed E-state index contributed by atoms with van der Waals surface area (Å²) in [5.74, 6) is 2.69. The molecule has 1 atom stereocenters. The number of aromatic nitrogens is 5. The fraction of sp³-hybridized carbons (Fsp3) is 0.625. The minimum Gasteiger partial charge on any atom is -0.331 e. The highest BCUT2D eigenvalue weighted by Gasteiger charge is 2.34. The number of nitrogens with zero attached hydrogens (tertiary/aromatic N) is 5. The van der Waals surface area contributed by atoms with Gasteiger partial charge < -0.3 is 4.90 Å². The second-order valence-electron chi connectivity index (χ2n) is 6.55. The zero-order valence-electron chi connectivity index (χ0n) is 13.4. The monoisotopic (exact) mass is 314 g/mol. The number of carbonyl (C=O) groups is 1. The SMILES string of the molecule is C[C@@H]1c2nc(C3CC3)nn2CCN1C(=O)CCCc1cn[nH]c1. The molecule has 2 aromatic rings. The Morgan fingerprint density at radius 2 is 2.26 bits per heavy atom. The summed E-state index contributed by atoms with van der Waals surface area (Å²) in [5, 5.41) is 11.3. The maximum absolute atomic E-state index is 12.5. The van der Waals surface area contributed by atoms with E-state index >= 15 is 0 Å². The van der Waals surface area contributed by atoms with Crippen molar-refractivity contribution >= 4 is 5.91 Å². The van der Waals surface area contributed by atoms with Gasteiger partial charge in [-0.2, -0.15) is 10.2 Å². The second kappa shape index (κ2) is 5.79. The van der Waals surface area contributed by atoms with Crippen molar-refractivity contribution in [2.24, 2.45) is 0 Å². The number of hydrogen-bond donors (Lipinski definition) is 1. The van der Waals surface area contributed by atoms with Gasteiger partial charge in [0.2, 0.25) is 5.91 Å². The van der Waals surface area contributed by atoms with Crippen molar-refractivity contribution in [2.75, 3.05) is 6.54 Å². The van der Waals surface area contributed by atoms with Gasteiger partial charge in [-0.05, 0) is 38.2 Å². The lowest BCUT2D eigenvalue weighted by Crippen LogP contribution is -2.41. The molecule has 122 valence electrons. The third-order valence-electron chi connectivity index (χ3n) is 4.78. The molecule has 3 heterocycles. The van der Waals surface area contributed by atoms with Gasteiger partial charge in [0.05, 0.1) is 18.8 Å². The van der Waals surface area contributed by atoms with Gasteiger partial charge >= 0.3 is 0 Å². The van der Waals surface area contributed by atoms with Crippen LogP contribution in [0, 0.1) is 0 Å². The van der Waals surface area contributed by atoms with Crippen LogP contribution in [0.5, 0.6) is 0 Å². The Kier molecular flexibility index (Phi) is 3.63. The number of rotatable bonds is 5. The average molecular weight is 314 g/mol. The van der Waals surface area contributed by atoms with Crippen LogP contribution in [0.25, 0.3) is 0 Å². The number of nitrogens with one attached hydrogen (secondary N) is 1. The van der Waals surface area contributed by atoms with Gasteiger partial charge in [-0.3, -0.25) is 9.89 Å². The Hall–Kier alpha value is -2.18. The van der Waals surface area contributed by atoms with Crippen LogP contribution in [0.3, 0.4) is 0 Å². The third kappa shape index (κ3) is 2.87. The molecule has 0 aromatic carbocycles. The van der Waals surface area contributed by atoms with Crippen molar-refractivity contribution in [2.45, 2.75) is 57.5 Å². The molecular formula is C16H22N6O. The van der Waals surface area contributed by atoms with Gasteiger partial charge in [0.15, 0.2) is 5.82 Å². The van der Waals surface area contributed by atoms with E-state index in [-0.39, 0.29) is 11.9 Å². The smallest absolute Gasteiger partial charge is 0.223 e. The highest BCUT2D eigenvalue weighted by atomic mass is 16.2. The lowest BCUT2D eigenvalue weighted by molar-refractivity contribution is -0.134. The molecule has 7 nitrogen and oxygen atoms in total. The van der Waals surface area contributed by atoms with Crippen molar-refractivity contribution in [3.05, 3.63) is 29.6 Å². The Balaban J connectivity index is 1.37. The van der Waals surface area contributed by atoms with Crippen LogP contribution < -0.4 is 0 Å². The van der Waals surface area contributed by atoms with Gasteiger partial charge in [-0.25, -0.2) is 9.67 Å². The highest BCUT2D eigenvalue weighted by Crippen LogP contribution is 2.39. The molecule has 0 unspecified atom stereocenters. The van der Waals surface area contributed by atoms with E-state index in [2.05, 4.69) is 22.2 Å². The highest BCUT2D eigenvalue weighted by molar-refractivity contribution is 5.76. The predicted molar refractivity (Wildman–Crippen MR) is 83.7 cm³/mol.